The monoisotopic (exact) mass is 303 g/mol. The fourth-order valence-corrected chi connectivity index (χ4v) is 2.40. The summed E-state index contributed by atoms with van der Waals surface area (Å²) < 4.78 is 4.95. The van der Waals surface area contributed by atoms with E-state index in [1.165, 1.54) is 12.1 Å². The number of likely N-dealkylation sites (tertiary alicyclic amines) is 1. The molecule has 0 aromatic carbocycles. The maximum absolute atomic E-state index is 12.2. The van der Waals surface area contributed by atoms with Crippen molar-refractivity contribution in [2.45, 2.75) is 12.8 Å². The number of carbonyl (C=O) groups is 1. The highest BCUT2D eigenvalue weighted by atomic mass is 35.5. The number of carbonyl (C=O) groups excluding carboxylic acids is 1. The zero-order chi connectivity index (χ0) is 13.8. The van der Waals surface area contributed by atoms with Gasteiger partial charge in [-0.15, -0.1) is 12.4 Å². The molecule has 0 bridgehead atoms. The molecule has 0 spiro atoms. The first-order valence-corrected chi connectivity index (χ1v) is 6.30. The van der Waals surface area contributed by atoms with Crippen LogP contribution in [0.4, 0.5) is 5.88 Å². The topological polar surface area (TPSA) is 88.6 Å². The smallest absolute Gasteiger partial charge is 0.395 e. The molecule has 1 unspecified atom stereocenters. The molecule has 2 heterocycles. The van der Waals surface area contributed by atoms with Gasteiger partial charge in [-0.1, -0.05) is 0 Å². The second-order valence-corrected chi connectivity index (χ2v) is 4.71. The molecule has 1 aliphatic heterocycles. The third-order valence-corrected chi connectivity index (χ3v) is 3.28. The Morgan fingerprint density at radius 1 is 1.60 bits per heavy atom. The first-order valence-electron chi connectivity index (χ1n) is 6.30. The summed E-state index contributed by atoms with van der Waals surface area (Å²) in [6.07, 6.45) is 2.03. The van der Waals surface area contributed by atoms with Gasteiger partial charge >= 0.3 is 5.88 Å². The maximum atomic E-state index is 12.2. The Hall–Kier alpha value is -1.60. The van der Waals surface area contributed by atoms with E-state index in [-0.39, 0.29) is 24.1 Å². The molecule has 0 radical (unpaired) electrons. The predicted molar refractivity (Wildman–Crippen MR) is 75.2 cm³/mol. The lowest BCUT2D eigenvalue weighted by atomic mass is 9.98. The molecule has 7 nitrogen and oxygen atoms in total. The molecule has 1 N–H and O–H groups in total. The van der Waals surface area contributed by atoms with E-state index < -0.39 is 10.8 Å². The highest BCUT2D eigenvalue weighted by Gasteiger charge is 2.27. The maximum Gasteiger partial charge on any atom is 0.433 e. The van der Waals surface area contributed by atoms with E-state index in [2.05, 4.69) is 5.32 Å². The Morgan fingerprint density at radius 2 is 2.35 bits per heavy atom. The molecule has 112 valence electrons. The van der Waals surface area contributed by atoms with Gasteiger partial charge < -0.3 is 14.6 Å². The van der Waals surface area contributed by atoms with Crippen molar-refractivity contribution < 1.29 is 14.1 Å². The van der Waals surface area contributed by atoms with E-state index in [1.807, 2.05) is 7.05 Å². The molecule has 0 aliphatic carbocycles. The van der Waals surface area contributed by atoms with Crippen LogP contribution in [0.25, 0.3) is 0 Å². The Morgan fingerprint density at radius 3 is 2.95 bits per heavy atom. The van der Waals surface area contributed by atoms with Gasteiger partial charge in [-0.2, -0.15) is 0 Å². The van der Waals surface area contributed by atoms with Gasteiger partial charge in [-0.25, -0.2) is 0 Å². The van der Waals surface area contributed by atoms with Gasteiger partial charge in [0, 0.05) is 13.1 Å². The van der Waals surface area contributed by atoms with E-state index in [0.29, 0.717) is 19.0 Å². The average Bonchev–Trinajstić information content (AvgIpc) is 2.88. The molecule has 8 heteroatoms. The molecular weight excluding hydrogens is 286 g/mol. The minimum Gasteiger partial charge on any atom is -0.395 e. The summed E-state index contributed by atoms with van der Waals surface area (Å²) in [5, 5.41) is 13.6. The van der Waals surface area contributed by atoms with E-state index in [1.54, 1.807) is 4.90 Å². The highest BCUT2D eigenvalue weighted by molar-refractivity contribution is 5.91. The first kappa shape index (κ1) is 16.5. The molecule has 1 amide bonds. The van der Waals surface area contributed by atoms with E-state index in [0.717, 1.165) is 19.4 Å². The number of nitrogens with zero attached hydrogens (tertiary/aromatic N) is 2. The highest BCUT2D eigenvalue weighted by Crippen LogP contribution is 2.21. The summed E-state index contributed by atoms with van der Waals surface area (Å²) in [5.41, 5.74) is 0. The van der Waals surface area contributed by atoms with Crippen molar-refractivity contribution in [2.75, 3.05) is 26.7 Å². The van der Waals surface area contributed by atoms with Crippen molar-refractivity contribution in [3.05, 3.63) is 28.0 Å². The van der Waals surface area contributed by atoms with Crippen LogP contribution in [0.15, 0.2) is 16.5 Å². The molecule has 1 aromatic rings. The summed E-state index contributed by atoms with van der Waals surface area (Å²) in [6.45, 7) is 2.20. The SMILES string of the molecule is CNCC1CCCN(C(=O)c2ccc([N+](=O)[O-])o2)C1.Cl. The molecule has 1 aliphatic rings. The van der Waals surface area contributed by atoms with Crippen molar-refractivity contribution in [2.24, 2.45) is 5.92 Å². The van der Waals surface area contributed by atoms with Gasteiger partial charge in [0.1, 0.15) is 4.92 Å². The Bertz CT molecular complexity index is 475. The fraction of sp³-hybridized carbons (Fsp3) is 0.583. The Labute approximate surface area is 122 Å². The number of hydrogen-bond donors (Lipinski definition) is 1. The van der Waals surface area contributed by atoms with Crippen LogP contribution in [0.5, 0.6) is 0 Å². The minimum absolute atomic E-state index is 0. The van der Waals surface area contributed by atoms with E-state index in [9.17, 15) is 14.9 Å². The van der Waals surface area contributed by atoms with Gasteiger partial charge in [0.05, 0.1) is 6.07 Å². The standard InChI is InChI=1S/C12H17N3O4.ClH/c1-13-7-9-3-2-6-14(8-9)12(16)10-4-5-11(19-10)15(17)18;/h4-5,9,13H,2-3,6-8H2,1H3;1H. The lowest BCUT2D eigenvalue weighted by molar-refractivity contribution is -0.402. The predicted octanol–water partition coefficient (Wildman–Crippen LogP) is 1.68. The number of amides is 1. The Balaban J connectivity index is 0.00000200. The number of piperidine rings is 1. The molecular formula is C12H18ClN3O4. The van der Waals surface area contributed by atoms with Crippen molar-refractivity contribution in [1.29, 1.82) is 0 Å². The molecule has 1 atom stereocenters. The summed E-state index contributed by atoms with van der Waals surface area (Å²) >= 11 is 0. The van der Waals surface area contributed by atoms with Crippen molar-refractivity contribution in [3.8, 4) is 0 Å². The second-order valence-electron chi connectivity index (χ2n) is 4.71. The number of furan rings is 1. The molecule has 2 rings (SSSR count). The summed E-state index contributed by atoms with van der Waals surface area (Å²) in [6, 6.07) is 2.57. The second kappa shape index (κ2) is 7.25. The zero-order valence-electron chi connectivity index (χ0n) is 11.2. The average molecular weight is 304 g/mol. The third-order valence-electron chi connectivity index (χ3n) is 3.28. The molecule has 0 saturated carbocycles. The van der Waals surface area contributed by atoms with Gasteiger partial charge in [0.25, 0.3) is 5.91 Å². The van der Waals surface area contributed by atoms with Gasteiger partial charge in [0.2, 0.25) is 0 Å². The van der Waals surface area contributed by atoms with Gasteiger partial charge in [0.15, 0.2) is 5.76 Å². The van der Waals surface area contributed by atoms with Crippen molar-refractivity contribution >= 4 is 24.2 Å². The number of hydrogen-bond acceptors (Lipinski definition) is 5. The van der Waals surface area contributed by atoms with Crippen LogP contribution in [0.2, 0.25) is 0 Å². The largest absolute Gasteiger partial charge is 0.433 e. The van der Waals surface area contributed by atoms with Crippen LogP contribution in [0.3, 0.4) is 0 Å². The summed E-state index contributed by atoms with van der Waals surface area (Å²) in [7, 11) is 1.89. The van der Waals surface area contributed by atoms with Gasteiger partial charge in [-0.05, 0) is 38.4 Å². The lowest BCUT2D eigenvalue weighted by Gasteiger charge is -2.32. The van der Waals surface area contributed by atoms with E-state index in [4.69, 9.17) is 4.42 Å². The van der Waals surface area contributed by atoms with Crippen molar-refractivity contribution in [3.63, 3.8) is 0 Å². The summed E-state index contributed by atoms with van der Waals surface area (Å²) in [4.78, 5) is 23.8. The van der Waals surface area contributed by atoms with E-state index >= 15 is 0 Å². The zero-order valence-corrected chi connectivity index (χ0v) is 12.0. The molecule has 1 saturated heterocycles. The summed E-state index contributed by atoms with van der Waals surface area (Å²) in [5.74, 6) is -0.203. The molecule has 1 aromatic heterocycles. The number of rotatable bonds is 4. The molecule has 1 fully saturated rings. The van der Waals surface area contributed by atoms with Crippen molar-refractivity contribution in [1.82, 2.24) is 10.2 Å². The minimum atomic E-state index is -0.642. The van der Waals surface area contributed by atoms with Crippen LogP contribution < -0.4 is 5.32 Å². The Kier molecular flexibility index (Phi) is 5.97. The third kappa shape index (κ3) is 3.71. The number of nitro groups is 1. The van der Waals surface area contributed by atoms with Gasteiger partial charge in [-0.3, -0.25) is 14.9 Å². The van der Waals surface area contributed by atoms with Crippen LogP contribution >= 0.6 is 12.4 Å². The van der Waals surface area contributed by atoms with Crippen LogP contribution in [0.1, 0.15) is 23.4 Å². The quantitative estimate of drug-likeness (QED) is 0.675. The number of nitrogens with one attached hydrogen (secondary N) is 1. The van der Waals surface area contributed by atoms with Crippen LogP contribution in [-0.4, -0.2) is 42.4 Å². The lowest BCUT2D eigenvalue weighted by Crippen LogP contribution is -2.42. The fourth-order valence-electron chi connectivity index (χ4n) is 2.40. The molecule has 20 heavy (non-hydrogen) atoms. The van der Waals surface area contributed by atoms with Crippen LogP contribution in [0, 0.1) is 16.0 Å². The van der Waals surface area contributed by atoms with Crippen LogP contribution in [-0.2, 0) is 0 Å². The first-order chi connectivity index (χ1) is 9.11. The normalized spacial score (nSPS) is 18.4. The number of halogens is 1.